The number of nitrogens with zero attached hydrogens (tertiary/aromatic N) is 1. The molecule has 2 N–H and O–H groups in total. The first-order valence-corrected chi connectivity index (χ1v) is 7.27. The maximum atomic E-state index is 11.3. The molecule has 0 spiro atoms. The second-order valence-corrected chi connectivity index (χ2v) is 5.19. The quantitative estimate of drug-likeness (QED) is 0.650. The van der Waals surface area contributed by atoms with Crippen molar-refractivity contribution in [1.29, 1.82) is 0 Å². The van der Waals surface area contributed by atoms with Gasteiger partial charge in [-0.25, -0.2) is 18.5 Å². The lowest BCUT2D eigenvalue weighted by molar-refractivity contribution is 0.0640. The summed E-state index contributed by atoms with van der Waals surface area (Å²) in [4.78, 5) is 3.73. The van der Waals surface area contributed by atoms with Crippen molar-refractivity contribution in [3.8, 4) is 5.88 Å². The molecule has 0 saturated carbocycles. The number of primary sulfonamides is 1. The van der Waals surface area contributed by atoms with Crippen LogP contribution in [0.5, 0.6) is 5.88 Å². The molecule has 1 rings (SSSR count). The fourth-order valence-electron chi connectivity index (χ4n) is 1.28. The van der Waals surface area contributed by atoms with Gasteiger partial charge in [-0.3, -0.25) is 0 Å². The SMILES string of the molecule is COCCOCCCOc1ncccc1S(N)(=O)=O. The van der Waals surface area contributed by atoms with E-state index in [4.69, 9.17) is 19.3 Å². The van der Waals surface area contributed by atoms with Crippen molar-refractivity contribution in [2.24, 2.45) is 5.14 Å². The zero-order chi connectivity index (χ0) is 14.1. The Morgan fingerprint density at radius 2 is 2.05 bits per heavy atom. The molecule has 0 aliphatic heterocycles. The molecule has 8 heteroatoms. The van der Waals surface area contributed by atoms with Crippen LogP contribution in [-0.4, -0.2) is 46.9 Å². The molecule has 0 fully saturated rings. The first-order chi connectivity index (χ1) is 9.05. The largest absolute Gasteiger partial charge is 0.477 e. The minimum Gasteiger partial charge on any atom is -0.477 e. The molecule has 0 aliphatic carbocycles. The van der Waals surface area contributed by atoms with E-state index in [0.29, 0.717) is 32.8 Å². The number of rotatable bonds is 9. The van der Waals surface area contributed by atoms with Crippen LogP contribution in [0.15, 0.2) is 23.2 Å². The average Bonchev–Trinajstić information content (AvgIpc) is 2.37. The summed E-state index contributed by atoms with van der Waals surface area (Å²) in [5.74, 6) is 0.0156. The van der Waals surface area contributed by atoms with Crippen molar-refractivity contribution < 1.29 is 22.6 Å². The molecular formula is C11H18N2O5S. The van der Waals surface area contributed by atoms with Gasteiger partial charge in [0.1, 0.15) is 4.90 Å². The summed E-state index contributed by atoms with van der Waals surface area (Å²) in [7, 11) is -2.22. The maximum Gasteiger partial charge on any atom is 0.243 e. The Hall–Kier alpha value is -1.22. The summed E-state index contributed by atoms with van der Waals surface area (Å²) in [6, 6.07) is 2.84. The first kappa shape index (κ1) is 15.8. The number of aromatic nitrogens is 1. The fourth-order valence-corrected chi connectivity index (χ4v) is 1.90. The Labute approximate surface area is 112 Å². The highest BCUT2D eigenvalue weighted by molar-refractivity contribution is 7.89. The standard InChI is InChI=1S/C11H18N2O5S/c1-16-8-9-17-6-3-7-18-11-10(19(12,14)15)4-2-5-13-11/h2,4-5H,3,6-9H2,1H3,(H2,12,14,15). The molecule has 0 unspecified atom stereocenters. The van der Waals surface area contributed by atoms with Gasteiger partial charge in [0.05, 0.1) is 19.8 Å². The van der Waals surface area contributed by atoms with Gasteiger partial charge in [-0.15, -0.1) is 0 Å². The molecule has 0 radical (unpaired) electrons. The summed E-state index contributed by atoms with van der Waals surface area (Å²) >= 11 is 0. The van der Waals surface area contributed by atoms with Crippen LogP contribution in [0.1, 0.15) is 6.42 Å². The Morgan fingerprint density at radius 3 is 2.74 bits per heavy atom. The van der Waals surface area contributed by atoms with Crippen LogP contribution < -0.4 is 9.88 Å². The highest BCUT2D eigenvalue weighted by Gasteiger charge is 2.15. The molecule has 1 heterocycles. The Bertz CT molecular complexity index is 478. The minimum absolute atomic E-state index is 0.0156. The third-order valence-electron chi connectivity index (χ3n) is 2.15. The van der Waals surface area contributed by atoms with E-state index in [1.54, 1.807) is 7.11 Å². The van der Waals surface area contributed by atoms with Crippen molar-refractivity contribution >= 4 is 10.0 Å². The van der Waals surface area contributed by atoms with E-state index in [9.17, 15) is 8.42 Å². The molecule has 1 aromatic rings. The van der Waals surface area contributed by atoms with E-state index in [1.807, 2.05) is 0 Å². The van der Waals surface area contributed by atoms with Crippen LogP contribution in [0.4, 0.5) is 0 Å². The van der Waals surface area contributed by atoms with Gasteiger partial charge < -0.3 is 14.2 Å². The van der Waals surface area contributed by atoms with Gasteiger partial charge in [0.25, 0.3) is 0 Å². The van der Waals surface area contributed by atoms with E-state index < -0.39 is 10.0 Å². The number of sulfonamides is 1. The molecule has 0 atom stereocenters. The van der Waals surface area contributed by atoms with Crippen LogP contribution in [-0.2, 0) is 19.5 Å². The van der Waals surface area contributed by atoms with E-state index in [0.717, 1.165) is 0 Å². The third-order valence-corrected chi connectivity index (χ3v) is 3.07. The van der Waals surface area contributed by atoms with Gasteiger partial charge >= 0.3 is 0 Å². The molecule has 0 saturated heterocycles. The number of ether oxygens (including phenoxy) is 3. The van der Waals surface area contributed by atoms with Crippen molar-refractivity contribution in [3.05, 3.63) is 18.3 Å². The molecule has 19 heavy (non-hydrogen) atoms. The van der Waals surface area contributed by atoms with Crippen molar-refractivity contribution in [1.82, 2.24) is 4.98 Å². The zero-order valence-corrected chi connectivity index (χ0v) is 11.6. The number of nitrogens with two attached hydrogens (primary N) is 1. The molecule has 0 amide bonds. The van der Waals surface area contributed by atoms with Gasteiger partial charge in [-0.2, -0.15) is 0 Å². The Balaban J connectivity index is 2.38. The second-order valence-electron chi connectivity index (χ2n) is 3.66. The summed E-state index contributed by atoms with van der Waals surface area (Å²) in [5, 5.41) is 5.06. The monoisotopic (exact) mass is 290 g/mol. The maximum absolute atomic E-state index is 11.3. The van der Waals surface area contributed by atoms with Gasteiger partial charge in [-0.05, 0) is 12.1 Å². The molecule has 0 bridgehead atoms. The molecule has 0 aliphatic rings. The summed E-state index contributed by atoms with van der Waals surface area (Å²) in [5.41, 5.74) is 0. The normalized spacial score (nSPS) is 11.5. The number of hydrogen-bond donors (Lipinski definition) is 1. The lowest BCUT2D eigenvalue weighted by atomic mass is 10.4. The highest BCUT2D eigenvalue weighted by Crippen LogP contribution is 2.18. The van der Waals surface area contributed by atoms with Crippen molar-refractivity contribution in [3.63, 3.8) is 0 Å². The lowest BCUT2D eigenvalue weighted by Gasteiger charge is -2.08. The van der Waals surface area contributed by atoms with E-state index >= 15 is 0 Å². The van der Waals surface area contributed by atoms with Gasteiger partial charge in [0.2, 0.25) is 15.9 Å². The Kier molecular flexibility index (Phi) is 6.71. The van der Waals surface area contributed by atoms with E-state index in [-0.39, 0.29) is 10.8 Å². The summed E-state index contributed by atoms with van der Waals surface area (Å²) in [6.07, 6.45) is 2.06. The van der Waals surface area contributed by atoms with E-state index in [1.165, 1.54) is 18.3 Å². The van der Waals surface area contributed by atoms with Crippen molar-refractivity contribution in [2.45, 2.75) is 11.3 Å². The highest BCUT2D eigenvalue weighted by atomic mass is 32.2. The predicted octanol–water partition coefficient (Wildman–Crippen LogP) is 0.161. The van der Waals surface area contributed by atoms with Gasteiger partial charge in [0, 0.05) is 26.3 Å². The second kappa shape index (κ2) is 8.05. The van der Waals surface area contributed by atoms with Crippen molar-refractivity contribution in [2.75, 3.05) is 33.5 Å². The molecule has 0 aromatic carbocycles. The smallest absolute Gasteiger partial charge is 0.243 e. The van der Waals surface area contributed by atoms with Gasteiger partial charge in [-0.1, -0.05) is 0 Å². The van der Waals surface area contributed by atoms with Crippen LogP contribution in [0.2, 0.25) is 0 Å². The topological polar surface area (TPSA) is 101 Å². The summed E-state index contributed by atoms with van der Waals surface area (Å²) in [6.45, 7) is 1.85. The zero-order valence-electron chi connectivity index (χ0n) is 10.7. The summed E-state index contributed by atoms with van der Waals surface area (Å²) < 4.78 is 37.9. The number of methoxy groups -OCH3 is 1. The third kappa shape index (κ3) is 5.97. The van der Waals surface area contributed by atoms with Crippen LogP contribution in [0, 0.1) is 0 Å². The molecule has 108 valence electrons. The lowest BCUT2D eigenvalue weighted by Crippen LogP contribution is -2.15. The van der Waals surface area contributed by atoms with Crippen LogP contribution in [0.3, 0.4) is 0 Å². The molecule has 1 aromatic heterocycles. The first-order valence-electron chi connectivity index (χ1n) is 5.73. The van der Waals surface area contributed by atoms with Crippen LogP contribution in [0.25, 0.3) is 0 Å². The number of pyridine rings is 1. The molecule has 7 nitrogen and oxygen atoms in total. The average molecular weight is 290 g/mol. The van der Waals surface area contributed by atoms with Crippen LogP contribution >= 0.6 is 0 Å². The van der Waals surface area contributed by atoms with Gasteiger partial charge in [0.15, 0.2) is 0 Å². The fraction of sp³-hybridized carbons (Fsp3) is 0.545. The number of hydrogen-bond acceptors (Lipinski definition) is 6. The predicted molar refractivity (Wildman–Crippen MR) is 68.4 cm³/mol. The minimum atomic E-state index is -3.82. The van der Waals surface area contributed by atoms with E-state index in [2.05, 4.69) is 4.98 Å². The Morgan fingerprint density at radius 1 is 1.26 bits per heavy atom. The molecular weight excluding hydrogens is 272 g/mol.